The first kappa shape index (κ1) is 83.6. The average Bonchev–Trinajstić information content (AvgIpc) is 1.79. The molecule has 0 aliphatic rings. The molecule has 0 heterocycles. The maximum absolute atomic E-state index is 8.93. The summed E-state index contributed by atoms with van der Waals surface area (Å²) >= 11 is 0. The quantitative estimate of drug-likeness (QED) is 0.0738. The third-order valence-corrected chi connectivity index (χ3v) is 0.200. The van der Waals surface area contributed by atoms with E-state index in [1.54, 1.807) is 0 Å². The van der Waals surface area contributed by atoms with E-state index in [0.29, 0.717) is 0 Å². The molecule has 1 atom stereocenters. The Morgan fingerprint density at radius 2 is 0.800 bits per heavy atom. The molecular formula is CH6Cl2K4Na3O12PS2. The van der Waals surface area contributed by atoms with Crippen molar-refractivity contribution < 1.29 is 375 Å². The van der Waals surface area contributed by atoms with Crippen LogP contribution in [0.2, 0.25) is 0 Å². The van der Waals surface area contributed by atoms with Gasteiger partial charge in [-0.3, -0.25) is 16.8 Å². The molecule has 0 bridgehead atoms. The Kier molecular flexibility index (Phi) is 183. The molecule has 120 valence electrons. The van der Waals surface area contributed by atoms with Crippen molar-refractivity contribution in [3.8, 4) is 0 Å². The third kappa shape index (κ3) is 245. The van der Waals surface area contributed by atoms with Crippen LogP contribution in [-0.2, 0) is 30.0 Å². The van der Waals surface area contributed by atoms with E-state index in [-0.39, 0.29) is 328 Å². The Hall–Kier alpha value is 9.85. The maximum atomic E-state index is 8.93. The predicted octanol–water partition coefficient (Wildman–Crippen LogP) is -29.4. The van der Waals surface area contributed by atoms with E-state index in [4.69, 9.17) is 49.8 Å². The van der Waals surface area contributed by atoms with Gasteiger partial charge >= 0.3 is 302 Å². The SMILES string of the molecule is C.O=S(=O)([O-])[O-].O=S(=O)([O-])[O-].O=[P+]([O-])OO.[Cl-].[Cl-].[H-].[K+].[K+].[K+].[K+].[Na+].[Na+].[Na+]. The molecule has 0 saturated carbocycles. The molecule has 0 aliphatic heterocycles. The van der Waals surface area contributed by atoms with Crippen molar-refractivity contribution in [3.63, 3.8) is 0 Å². The Labute approximate surface area is 398 Å². The molecule has 0 aliphatic carbocycles. The van der Waals surface area contributed by atoms with Crippen molar-refractivity contribution in [1.82, 2.24) is 0 Å². The minimum Gasteiger partial charge on any atom is -1.00 e. The summed E-state index contributed by atoms with van der Waals surface area (Å²) in [4.78, 5) is 8.93. The molecule has 12 nitrogen and oxygen atoms in total. The zero-order valence-electron chi connectivity index (χ0n) is 15.0. The summed E-state index contributed by atoms with van der Waals surface area (Å²) in [5, 5.41) is 7.05. The van der Waals surface area contributed by atoms with Crippen molar-refractivity contribution in [1.29, 1.82) is 0 Å². The Morgan fingerprint density at radius 1 is 0.760 bits per heavy atom. The number of rotatable bonds is 1. The summed E-state index contributed by atoms with van der Waals surface area (Å²) in [7, 11) is -13.4. The van der Waals surface area contributed by atoms with Crippen molar-refractivity contribution in [2.45, 2.75) is 7.43 Å². The second kappa shape index (κ2) is 54.7. The fraction of sp³-hybridized carbons (Fsp3) is 1.00. The Bertz CT molecular complexity index is 346. The first-order valence-corrected chi connectivity index (χ1v) is 5.83. The predicted molar refractivity (Wildman–Crippen MR) is 40.1 cm³/mol. The summed E-state index contributed by atoms with van der Waals surface area (Å²) in [5.74, 6) is 0. The van der Waals surface area contributed by atoms with E-state index in [0.717, 1.165) is 0 Å². The second-order valence-electron chi connectivity index (χ2n) is 1.12. The summed E-state index contributed by atoms with van der Waals surface area (Å²) in [6.07, 6.45) is 0. The normalized spacial score (nSPS) is 6.88. The van der Waals surface area contributed by atoms with Crippen LogP contribution in [0.15, 0.2) is 0 Å². The van der Waals surface area contributed by atoms with Crippen molar-refractivity contribution in [2.75, 3.05) is 0 Å². The minimum atomic E-state index is -5.17. The maximum Gasteiger partial charge on any atom is 1.00 e. The van der Waals surface area contributed by atoms with Crippen molar-refractivity contribution in [3.05, 3.63) is 0 Å². The standard InChI is InChI=1S/CH4.2ClH.4K.3Na.HO4P.2H2O4S.H/c;;;;;;;;;;1-4-5(2)3;2*1-5(2,3)4;/h1H4;2*1H;;;;;;;;1H;2*(H2,1,2,3,4);/q;;;7*+1;;;;-1/p-6. The van der Waals surface area contributed by atoms with Gasteiger partial charge in [-0.05, 0) is 4.57 Å². The first-order valence-electron chi connectivity index (χ1n) is 2.06. The summed E-state index contributed by atoms with van der Waals surface area (Å²) in [6.45, 7) is 0. The number of hydrogen-bond donors (Lipinski definition) is 1. The molecule has 0 fully saturated rings. The molecule has 1 N–H and O–H groups in total. The van der Waals surface area contributed by atoms with Gasteiger partial charge in [0.2, 0.25) is 0 Å². The average molecular weight is 601 g/mol. The first-order chi connectivity index (χ1) is 6.27. The topological polar surface area (TPSA) is 230 Å². The van der Waals surface area contributed by atoms with Crippen LogP contribution in [0.4, 0.5) is 0 Å². The molecule has 0 saturated heterocycles. The minimum absolute atomic E-state index is 0. The van der Waals surface area contributed by atoms with E-state index in [2.05, 4.69) is 4.67 Å². The Morgan fingerprint density at radius 3 is 0.800 bits per heavy atom. The monoisotopic (exact) mass is 600 g/mol. The van der Waals surface area contributed by atoms with E-state index in [1.807, 2.05) is 0 Å². The van der Waals surface area contributed by atoms with E-state index >= 15 is 0 Å². The summed E-state index contributed by atoms with van der Waals surface area (Å²) in [5.41, 5.74) is 0. The largest absolute Gasteiger partial charge is 1.00 e. The summed E-state index contributed by atoms with van der Waals surface area (Å²) < 4.78 is 79.8. The Balaban J connectivity index is -0.00000000571. The zero-order chi connectivity index (χ0) is 13.3. The van der Waals surface area contributed by atoms with Crippen LogP contribution in [-0.4, -0.2) is 40.3 Å². The fourth-order valence-corrected chi connectivity index (χ4v) is 0. The number of hydrogen-bond acceptors (Lipinski definition) is 12. The van der Waals surface area contributed by atoms with Crippen LogP contribution in [0.5, 0.6) is 0 Å². The van der Waals surface area contributed by atoms with Gasteiger partial charge in [0.1, 0.15) is 0 Å². The van der Waals surface area contributed by atoms with Gasteiger partial charge in [-0.25, -0.2) is 5.26 Å². The smallest absolute Gasteiger partial charge is 1.00 e. The summed E-state index contributed by atoms with van der Waals surface area (Å²) in [6, 6.07) is 0. The second-order valence-corrected chi connectivity index (χ2v) is 3.37. The van der Waals surface area contributed by atoms with Crippen LogP contribution in [0.3, 0.4) is 0 Å². The fourth-order valence-electron chi connectivity index (χ4n) is 0. The van der Waals surface area contributed by atoms with Crippen LogP contribution < -0.4 is 324 Å². The van der Waals surface area contributed by atoms with Gasteiger partial charge in [0.05, 0.1) is 0 Å². The third-order valence-electron chi connectivity index (χ3n) is 0.0667. The van der Waals surface area contributed by atoms with Crippen LogP contribution in [0.1, 0.15) is 8.85 Å². The molecule has 24 heteroatoms. The molecule has 0 spiro atoms. The van der Waals surface area contributed by atoms with Gasteiger partial charge in [0.15, 0.2) is 0 Å². The van der Waals surface area contributed by atoms with Gasteiger partial charge in [0, 0.05) is 25.5 Å². The molecule has 0 aromatic carbocycles. The van der Waals surface area contributed by atoms with E-state index in [1.165, 1.54) is 0 Å². The molecule has 0 aromatic rings. The van der Waals surface area contributed by atoms with E-state index < -0.39 is 29.1 Å². The molecule has 1 unspecified atom stereocenters. The zero-order valence-corrected chi connectivity index (χ0v) is 36.5. The van der Waals surface area contributed by atoms with Gasteiger partial charge in [-0.2, -0.15) is 0 Å². The molecule has 0 radical (unpaired) electrons. The van der Waals surface area contributed by atoms with Gasteiger partial charge < -0.3 is 49.3 Å². The number of halogens is 2. The van der Waals surface area contributed by atoms with Crippen LogP contribution in [0, 0.1) is 0 Å². The van der Waals surface area contributed by atoms with E-state index in [9.17, 15) is 0 Å². The van der Waals surface area contributed by atoms with Crippen LogP contribution >= 0.6 is 8.25 Å². The van der Waals surface area contributed by atoms with Crippen molar-refractivity contribution in [2.24, 2.45) is 0 Å². The van der Waals surface area contributed by atoms with Crippen molar-refractivity contribution >= 4 is 29.1 Å². The van der Waals surface area contributed by atoms with Gasteiger partial charge in [-0.1, -0.05) is 7.43 Å². The van der Waals surface area contributed by atoms with Crippen LogP contribution in [0.25, 0.3) is 0 Å². The molecular weight excluding hydrogens is 595 g/mol. The van der Waals surface area contributed by atoms with Gasteiger partial charge in [0.25, 0.3) is 0 Å². The van der Waals surface area contributed by atoms with Gasteiger partial charge in [-0.15, -0.1) is 0 Å². The molecule has 0 aromatic heterocycles. The molecule has 25 heavy (non-hydrogen) atoms. The molecule has 0 rings (SSSR count). The molecule has 0 amide bonds.